The Morgan fingerprint density at radius 2 is 2.17 bits per heavy atom. The fourth-order valence-corrected chi connectivity index (χ4v) is 2.91. The Morgan fingerprint density at radius 1 is 1.42 bits per heavy atom. The summed E-state index contributed by atoms with van der Waals surface area (Å²) in [6, 6.07) is 6.88. The molecule has 0 unspecified atom stereocenters. The van der Waals surface area contributed by atoms with E-state index in [-0.39, 0.29) is 0 Å². The van der Waals surface area contributed by atoms with E-state index in [2.05, 4.69) is 18.0 Å². The smallest absolute Gasteiger partial charge is 0.207 e. The lowest BCUT2D eigenvalue weighted by Gasteiger charge is -2.45. The number of aliphatic imine (C=N–C) groups is 1. The molecule has 2 rings (SSSR count). The van der Waals surface area contributed by atoms with Gasteiger partial charge in [-0.2, -0.15) is 15.5 Å². The average molecular weight is 326 g/mol. The van der Waals surface area contributed by atoms with Crippen LogP contribution in [0.15, 0.2) is 23.2 Å². The van der Waals surface area contributed by atoms with Gasteiger partial charge in [-0.1, -0.05) is 13.3 Å². The highest BCUT2D eigenvalue weighted by Gasteiger charge is 2.45. The fourth-order valence-electron chi connectivity index (χ4n) is 2.91. The molecule has 1 aliphatic heterocycles. The van der Waals surface area contributed by atoms with Gasteiger partial charge < -0.3 is 14.7 Å². The first kappa shape index (κ1) is 17.8. The van der Waals surface area contributed by atoms with Crippen molar-refractivity contribution in [2.45, 2.75) is 51.4 Å². The van der Waals surface area contributed by atoms with Gasteiger partial charge in [0.2, 0.25) is 6.19 Å². The number of rotatable bonds is 5. The molecule has 0 bridgehead atoms. The zero-order valence-corrected chi connectivity index (χ0v) is 14.2. The van der Waals surface area contributed by atoms with Crippen LogP contribution in [0.4, 0.5) is 0 Å². The van der Waals surface area contributed by atoms with E-state index >= 15 is 0 Å². The van der Waals surface area contributed by atoms with Gasteiger partial charge in [-0.05, 0) is 38.5 Å². The first-order valence-electron chi connectivity index (χ1n) is 8.03. The summed E-state index contributed by atoms with van der Waals surface area (Å²) in [6.07, 6.45) is 4.27. The van der Waals surface area contributed by atoms with E-state index < -0.39 is 17.7 Å². The number of aliphatic hydroxyl groups excluding tert-OH is 1. The first-order chi connectivity index (χ1) is 11.4. The lowest BCUT2D eigenvalue weighted by atomic mass is 9.85. The molecule has 126 valence electrons. The third kappa shape index (κ3) is 3.50. The predicted octanol–water partition coefficient (Wildman–Crippen LogP) is 2.74. The monoisotopic (exact) mass is 326 g/mol. The van der Waals surface area contributed by atoms with Crippen LogP contribution in [-0.4, -0.2) is 34.6 Å². The number of unbranched alkanes of at least 4 members (excludes halogenated alkanes) is 1. The Labute approximate surface area is 142 Å². The van der Waals surface area contributed by atoms with Crippen molar-refractivity contribution in [3.05, 3.63) is 29.3 Å². The topological polar surface area (TPSA) is 92.6 Å². The molecule has 0 spiro atoms. The molecule has 1 N–H and O–H groups in total. The molecular weight excluding hydrogens is 304 g/mol. The van der Waals surface area contributed by atoms with Crippen molar-refractivity contribution in [1.29, 1.82) is 10.5 Å². The normalized spacial score (nSPS) is 21.4. The molecule has 0 saturated heterocycles. The number of hydrogen-bond acceptors (Lipinski definition) is 5. The number of fused-ring (bicyclic) bond motifs is 1. The summed E-state index contributed by atoms with van der Waals surface area (Å²) in [4.78, 5) is 5.55. The molecular formula is C18H22N4O2. The van der Waals surface area contributed by atoms with E-state index in [9.17, 15) is 10.4 Å². The van der Waals surface area contributed by atoms with Crippen molar-refractivity contribution in [3.8, 4) is 18.0 Å². The second-order valence-corrected chi connectivity index (χ2v) is 6.40. The molecule has 24 heavy (non-hydrogen) atoms. The van der Waals surface area contributed by atoms with Gasteiger partial charge in [0.05, 0.1) is 17.7 Å². The van der Waals surface area contributed by atoms with Gasteiger partial charge in [0.1, 0.15) is 23.8 Å². The van der Waals surface area contributed by atoms with Gasteiger partial charge in [-0.15, -0.1) is 0 Å². The van der Waals surface area contributed by atoms with Crippen LogP contribution < -0.4 is 4.74 Å². The lowest BCUT2D eigenvalue weighted by molar-refractivity contribution is -0.0809. The Bertz CT molecular complexity index is 700. The Kier molecular flexibility index (Phi) is 5.43. The lowest BCUT2D eigenvalue weighted by Crippen LogP contribution is -2.53. The molecule has 0 saturated carbocycles. The summed E-state index contributed by atoms with van der Waals surface area (Å²) < 4.78 is 5.92. The molecule has 6 heteroatoms. The molecule has 1 heterocycles. The highest BCUT2D eigenvalue weighted by Crippen LogP contribution is 2.42. The van der Waals surface area contributed by atoms with Crippen LogP contribution in [-0.2, 0) is 0 Å². The molecule has 1 aliphatic rings. The number of ether oxygens (including phenoxy) is 1. The standard InChI is InChI=1S/C18H22N4O2/c1-4-5-8-22(12-21-11-20)16-14-9-13(10-19)6-7-15(14)24-18(2,3)17(16)23/h6-7,9,12,16-17,23H,4-5,8H2,1-3H3/t16-,17+/m1/s1. The van der Waals surface area contributed by atoms with Crippen molar-refractivity contribution in [2.75, 3.05) is 6.54 Å². The van der Waals surface area contributed by atoms with Gasteiger partial charge in [0.15, 0.2) is 0 Å². The zero-order chi connectivity index (χ0) is 17.7. The summed E-state index contributed by atoms with van der Waals surface area (Å²) in [7, 11) is 0. The third-order valence-electron chi connectivity index (χ3n) is 4.23. The van der Waals surface area contributed by atoms with Crippen molar-refractivity contribution < 1.29 is 9.84 Å². The fraction of sp³-hybridized carbons (Fsp3) is 0.500. The maximum Gasteiger partial charge on any atom is 0.207 e. The van der Waals surface area contributed by atoms with E-state index in [1.54, 1.807) is 24.4 Å². The minimum atomic E-state index is -0.832. The molecule has 0 aliphatic carbocycles. The minimum absolute atomic E-state index is 0.430. The number of nitrogens with zero attached hydrogens (tertiary/aromatic N) is 4. The van der Waals surface area contributed by atoms with Crippen LogP contribution in [0, 0.1) is 22.8 Å². The van der Waals surface area contributed by atoms with Gasteiger partial charge in [-0.3, -0.25) is 0 Å². The third-order valence-corrected chi connectivity index (χ3v) is 4.23. The molecule has 1 aromatic carbocycles. The Morgan fingerprint density at radius 3 is 2.79 bits per heavy atom. The molecule has 0 radical (unpaired) electrons. The van der Waals surface area contributed by atoms with E-state index in [1.165, 1.54) is 6.34 Å². The summed E-state index contributed by atoms with van der Waals surface area (Å²) in [6.45, 7) is 6.37. The van der Waals surface area contributed by atoms with E-state index in [0.29, 0.717) is 17.9 Å². The van der Waals surface area contributed by atoms with Crippen LogP contribution in [0.2, 0.25) is 0 Å². The van der Waals surface area contributed by atoms with E-state index in [1.807, 2.05) is 18.7 Å². The Hall–Kier alpha value is -2.57. The molecule has 0 aromatic heterocycles. The minimum Gasteiger partial charge on any atom is -0.485 e. The molecule has 1 aromatic rings. The number of aliphatic hydroxyl groups is 1. The van der Waals surface area contributed by atoms with Crippen molar-refractivity contribution in [2.24, 2.45) is 4.99 Å². The zero-order valence-electron chi connectivity index (χ0n) is 14.2. The first-order valence-corrected chi connectivity index (χ1v) is 8.03. The SMILES string of the molecule is CCCCN(C=NC#N)[C@@H]1c2cc(C#N)ccc2OC(C)(C)[C@H]1O. The Balaban J connectivity index is 2.53. The van der Waals surface area contributed by atoms with Crippen LogP contribution >= 0.6 is 0 Å². The number of nitriles is 2. The highest BCUT2D eigenvalue weighted by atomic mass is 16.5. The van der Waals surface area contributed by atoms with Gasteiger partial charge in [0, 0.05) is 12.1 Å². The van der Waals surface area contributed by atoms with Crippen LogP contribution in [0.3, 0.4) is 0 Å². The average Bonchev–Trinajstić information content (AvgIpc) is 2.56. The van der Waals surface area contributed by atoms with Gasteiger partial charge >= 0.3 is 0 Å². The van der Waals surface area contributed by atoms with Crippen LogP contribution in [0.1, 0.15) is 50.8 Å². The van der Waals surface area contributed by atoms with Crippen molar-refractivity contribution in [1.82, 2.24) is 4.90 Å². The van der Waals surface area contributed by atoms with Crippen LogP contribution in [0.5, 0.6) is 5.75 Å². The summed E-state index contributed by atoms with van der Waals surface area (Å²) >= 11 is 0. The van der Waals surface area contributed by atoms with Crippen molar-refractivity contribution in [3.63, 3.8) is 0 Å². The van der Waals surface area contributed by atoms with E-state index in [4.69, 9.17) is 10.00 Å². The molecule has 0 amide bonds. The summed E-state index contributed by atoms with van der Waals surface area (Å²) in [5, 5.41) is 28.8. The predicted molar refractivity (Wildman–Crippen MR) is 90.3 cm³/mol. The molecule has 6 nitrogen and oxygen atoms in total. The number of benzene rings is 1. The number of hydrogen-bond donors (Lipinski definition) is 1. The molecule has 0 fully saturated rings. The van der Waals surface area contributed by atoms with Crippen molar-refractivity contribution >= 4 is 6.34 Å². The maximum atomic E-state index is 10.9. The largest absolute Gasteiger partial charge is 0.485 e. The summed E-state index contributed by atoms with van der Waals surface area (Å²) in [5.41, 5.74) is 0.444. The second kappa shape index (κ2) is 7.33. The quantitative estimate of drug-likeness (QED) is 0.510. The molecule has 2 atom stereocenters. The van der Waals surface area contributed by atoms with E-state index in [0.717, 1.165) is 18.4 Å². The second-order valence-electron chi connectivity index (χ2n) is 6.40. The van der Waals surface area contributed by atoms with Gasteiger partial charge in [0.25, 0.3) is 0 Å². The van der Waals surface area contributed by atoms with Crippen LogP contribution in [0.25, 0.3) is 0 Å². The maximum absolute atomic E-state index is 10.9. The van der Waals surface area contributed by atoms with Gasteiger partial charge in [-0.25, -0.2) is 0 Å². The summed E-state index contributed by atoms with van der Waals surface area (Å²) in [5.74, 6) is 0.640. The highest BCUT2D eigenvalue weighted by molar-refractivity contribution is 5.59.